The Morgan fingerprint density at radius 3 is 2.56 bits per heavy atom. The molecule has 1 amide bonds. The number of ether oxygens (including phenoxy) is 1. The van der Waals surface area contributed by atoms with Crippen LogP contribution in [-0.4, -0.2) is 35.6 Å². The molecule has 0 saturated heterocycles. The van der Waals surface area contributed by atoms with E-state index in [1.165, 1.54) is 6.33 Å². The van der Waals surface area contributed by atoms with Crippen LogP contribution >= 0.6 is 0 Å². The molecule has 0 unspecified atom stereocenters. The second-order valence-corrected chi connectivity index (χ2v) is 7.27. The minimum absolute atomic E-state index is 0.215. The van der Waals surface area contributed by atoms with Crippen LogP contribution < -0.4 is 15.8 Å². The van der Waals surface area contributed by atoms with Gasteiger partial charge in [0.15, 0.2) is 0 Å². The van der Waals surface area contributed by atoms with Crippen molar-refractivity contribution in [1.82, 2.24) is 15.3 Å². The molecule has 3 rings (SSSR count). The van der Waals surface area contributed by atoms with Crippen LogP contribution in [0.15, 0.2) is 36.9 Å². The highest BCUT2D eigenvalue weighted by Gasteiger charge is 2.40. The first-order chi connectivity index (χ1) is 13.1. The van der Waals surface area contributed by atoms with Crippen LogP contribution in [0.4, 0.5) is 0 Å². The number of primary amides is 1. The van der Waals surface area contributed by atoms with Crippen molar-refractivity contribution in [3.8, 4) is 16.9 Å². The Kier molecular flexibility index (Phi) is 6.06. The van der Waals surface area contributed by atoms with Gasteiger partial charge in [0.25, 0.3) is 0 Å². The number of benzene rings is 1. The number of hydrogen-bond acceptors (Lipinski definition) is 5. The van der Waals surface area contributed by atoms with Crippen LogP contribution in [0.3, 0.4) is 0 Å². The van der Waals surface area contributed by atoms with Gasteiger partial charge in [0, 0.05) is 24.0 Å². The molecule has 27 heavy (non-hydrogen) atoms. The maximum atomic E-state index is 12.4. The van der Waals surface area contributed by atoms with Crippen molar-refractivity contribution >= 4 is 5.91 Å². The summed E-state index contributed by atoms with van der Waals surface area (Å²) in [4.78, 5) is 20.6. The van der Waals surface area contributed by atoms with E-state index in [-0.39, 0.29) is 5.91 Å². The lowest BCUT2D eigenvalue weighted by Gasteiger charge is -2.38. The average Bonchev–Trinajstić information content (AvgIpc) is 2.70. The fraction of sp³-hybridized carbons (Fsp3) is 0.476. The van der Waals surface area contributed by atoms with E-state index in [2.05, 4.69) is 21.4 Å². The first-order valence-corrected chi connectivity index (χ1v) is 9.56. The maximum Gasteiger partial charge on any atom is 0.223 e. The van der Waals surface area contributed by atoms with Crippen molar-refractivity contribution in [3.63, 3.8) is 0 Å². The summed E-state index contributed by atoms with van der Waals surface area (Å²) in [5.41, 5.74) is 8.33. The summed E-state index contributed by atoms with van der Waals surface area (Å²) in [6.07, 6.45) is 9.17. The number of nitrogens with two attached hydrogens (primary N) is 1. The number of carbonyl (C=O) groups excluding carboxylic acids is 1. The average molecular weight is 368 g/mol. The van der Waals surface area contributed by atoms with Crippen LogP contribution in [0.5, 0.6) is 5.75 Å². The fourth-order valence-corrected chi connectivity index (χ4v) is 3.98. The Labute approximate surface area is 160 Å². The van der Waals surface area contributed by atoms with E-state index >= 15 is 0 Å². The fourth-order valence-electron chi connectivity index (χ4n) is 3.98. The molecule has 144 valence electrons. The summed E-state index contributed by atoms with van der Waals surface area (Å²) in [5, 5.41) is 3.32. The van der Waals surface area contributed by atoms with Crippen LogP contribution in [-0.2, 0) is 11.2 Å². The van der Waals surface area contributed by atoms with E-state index in [4.69, 9.17) is 10.5 Å². The Morgan fingerprint density at radius 2 is 1.96 bits per heavy atom. The predicted octanol–water partition coefficient (Wildman–Crippen LogP) is 2.72. The van der Waals surface area contributed by atoms with Gasteiger partial charge in [-0.05, 0) is 69.3 Å². The third-order valence-corrected chi connectivity index (χ3v) is 5.66. The van der Waals surface area contributed by atoms with E-state index in [9.17, 15) is 4.79 Å². The molecule has 0 aliphatic heterocycles. The minimum Gasteiger partial charge on any atom is -0.494 e. The zero-order valence-corrected chi connectivity index (χ0v) is 16.1. The smallest absolute Gasteiger partial charge is 0.223 e. The topological polar surface area (TPSA) is 90.1 Å². The van der Waals surface area contributed by atoms with Gasteiger partial charge in [0.2, 0.25) is 5.91 Å². The lowest BCUT2D eigenvalue weighted by atomic mass is 9.68. The van der Waals surface area contributed by atoms with E-state index < -0.39 is 5.41 Å². The van der Waals surface area contributed by atoms with Crippen molar-refractivity contribution in [2.75, 3.05) is 13.7 Å². The molecule has 0 bridgehead atoms. The summed E-state index contributed by atoms with van der Waals surface area (Å²) < 4.78 is 5.84. The zero-order chi connectivity index (χ0) is 19.3. The second kappa shape index (κ2) is 8.48. The van der Waals surface area contributed by atoms with Gasteiger partial charge in [-0.25, -0.2) is 9.97 Å². The van der Waals surface area contributed by atoms with Gasteiger partial charge in [-0.15, -0.1) is 0 Å². The van der Waals surface area contributed by atoms with Crippen molar-refractivity contribution in [1.29, 1.82) is 0 Å². The molecule has 1 aromatic heterocycles. The summed E-state index contributed by atoms with van der Waals surface area (Å²) in [6, 6.07) is 6.51. The second-order valence-electron chi connectivity index (χ2n) is 7.27. The summed E-state index contributed by atoms with van der Waals surface area (Å²) in [6.45, 7) is 2.54. The third-order valence-electron chi connectivity index (χ3n) is 5.66. The first kappa shape index (κ1) is 19.3. The molecule has 0 atom stereocenters. The van der Waals surface area contributed by atoms with Crippen molar-refractivity contribution < 1.29 is 9.53 Å². The standard InChI is InChI=1S/C21H28N4O2/c1-3-27-19-5-4-15(17-12-24-14-25-13-17)10-16(19)11-21(20(22)26)8-6-18(23-2)7-9-21/h4-5,10,12-14,18,23H,3,6-9,11H2,1-2H3,(H2,22,26). The predicted molar refractivity (Wildman–Crippen MR) is 105 cm³/mol. The molecule has 1 aromatic carbocycles. The van der Waals surface area contributed by atoms with Gasteiger partial charge in [-0.2, -0.15) is 0 Å². The molecule has 1 fully saturated rings. The number of nitrogens with one attached hydrogen (secondary N) is 1. The van der Waals surface area contributed by atoms with Gasteiger partial charge in [-0.1, -0.05) is 6.07 Å². The SMILES string of the molecule is CCOc1ccc(-c2cncnc2)cc1CC1(C(N)=O)CCC(NC)CC1. The van der Waals surface area contributed by atoms with Crippen LogP contribution in [0.2, 0.25) is 0 Å². The Bertz CT molecular complexity index is 771. The Balaban J connectivity index is 1.94. The van der Waals surface area contributed by atoms with Gasteiger partial charge in [0.05, 0.1) is 12.0 Å². The van der Waals surface area contributed by atoms with Crippen LogP contribution in [0.25, 0.3) is 11.1 Å². The molecule has 1 aliphatic rings. The zero-order valence-electron chi connectivity index (χ0n) is 16.1. The van der Waals surface area contributed by atoms with Crippen LogP contribution in [0, 0.1) is 5.41 Å². The lowest BCUT2D eigenvalue weighted by molar-refractivity contribution is -0.129. The van der Waals surface area contributed by atoms with Crippen molar-refractivity contribution in [2.45, 2.75) is 45.1 Å². The molecule has 6 nitrogen and oxygen atoms in total. The molecule has 1 saturated carbocycles. The number of amides is 1. The largest absolute Gasteiger partial charge is 0.494 e. The number of hydrogen-bond donors (Lipinski definition) is 2. The molecule has 3 N–H and O–H groups in total. The van der Waals surface area contributed by atoms with Crippen LogP contribution in [0.1, 0.15) is 38.2 Å². The Hall–Kier alpha value is -2.47. The molecule has 0 radical (unpaired) electrons. The van der Waals surface area contributed by atoms with E-state index in [1.807, 2.05) is 26.1 Å². The third kappa shape index (κ3) is 4.27. The number of carbonyl (C=O) groups is 1. The normalized spacial score (nSPS) is 22.4. The highest BCUT2D eigenvalue weighted by Crippen LogP contribution is 2.41. The van der Waals surface area contributed by atoms with Gasteiger partial charge < -0.3 is 15.8 Å². The summed E-state index contributed by atoms with van der Waals surface area (Å²) in [7, 11) is 1.97. The molecule has 0 spiro atoms. The molecule has 1 aliphatic carbocycles. The molecule has 2 aromatic rings. The minimum atomic E-state index is -0.523. The quantitative estimate of drug-likeness (QED) is 0.784. The molecule has 1 heterocycles. The monoisotopic (exact) mass is 368 g/mol. The highest BCUT2D eigenvalue weighted by atomic mass is 16.5. The van der Waals surface area contributed by atoms with E-state index in [0.717, 1.165) is 48.1 Å². The molecular formula is C21H28N4O2. The number of nitrogens with zero attached hydrogens (tertiary/aromatic N) is 2. The summed E-state index contributed by atoms with van der Waals surface area (Å²) >= 11 is 0. The van der Waals surface area contributed by atoms with Crippen molar-refractivity contribution in [2.24, 2.45) is 11.1 Å². The van der Waals surface area contributed by atoms with E-state index in [1.54, 1.807) is 12.4 Å². The van der Waals surface area contributed by atoms with Gasteiger partial charge >= 0.3 is 0 Å². The van der Waals surface area contributed by atoms with Crippen molar-refractivity contribution in [3.05, 3.63) is 42.5 Å². The van der Waals surface area contributed by atoms with Gasteiger partial charge in [0.1, 0.15) is 12.1 Å². The first-order valence-electron chi connectivity index (χ1n) is 9.56. The number of aromatic nitrogens is 2. The maximum absolute atomic E-state index is 12.4. The van der Waals surface area contributed by atoms with E-state index in [0.29, 0.717) is 19.1 Å². The van der Waals surface area contributed by atoms with Gasteiger partial charge in [-0.3, -0.25) is 4.79 Å². The molecule has 6 heteroatoms. The summed E-state index contributed by atoms with van der Waals surface area (Å²) in [5.74, 6) is 0.599. The molecular weight excluding hydrogens is 340 g/mol. The lowest BCUT2D eigenvalue weighted by Crippen LogP contribution is -2.45. The Morgan fingerprint density at radius 1 is 1.26 bits per heavy atom. The number of rotatable bonds is 7. The highest BCUT2D eigenvalue weighted by molar-refractivity contribution is 5.81.